The second-order valence-electron chi connectivity index (χ2n) is 6.39. The Labute approximate surface area is 159 Å². The third kappa shape index (κ3) is 4.77. The number of hydrogen-bond acceptors (Lipinski definition) is 5. The lowest BCUT2D eigenvalue weighted by Gasteiger charge is -2.19. The van der Waals surface area contributed by atoms with Crippen LogP contribution >= 0.6 is 0 Å². The summed E-state index contributed by atoms with van der Waals surface area (Å²) in [7, 11) is -1.76. The topological polar surface area (TPSA) is 88.6 Å². The molecule has 1 aliphatic rings. The van der Waals surface area contributed by atoms with Gasteiger partial charge in [0.2, 0.25) is 15.9 Å². The van der Waals surface area contributed by atoms with Crippen molar-refractivity contribution in [2.24, 2.45) is 0 Å². The van der Waals surface area contributed by atoms with Crippen molar-refractivity contribution in [3.63, 3.8) is 0 Å². The van der Waals surface area contributed by atoms with Gasteiger partial charge < -0.3 is 10.1 Å². The minimum absolute atomic E-state index is 0.140. The number of sulfonamides is 1. The number of hydrogen-bond donors (Lipinski definition) is 1. The van der Waals surface area contributed by atoms with E-state index in [0.29, 0.717) is 42.9 Å². The molecule has 144 valence electrons. The molecule has 0 saturated carbocycles. The zero-order valence-corrected chi connectivity index (χ0v) is 16.0. The Kier molecular flexibility index (Phi) is 5.95. The molecule has 0 spiro atoms. The predicted molar refractivity (Wildman–Crippen MR) is 105 cm³/mol. The molecule has 2 heterocycles. The summed E-state index contributed by atoms with van der Waals surface area (Å²) in [6.07, 6.45) is 5.93. The fourth-order valence-corrected chi connectivity index (χ4v) is 4.65. The molecule has 1 saturated heterocycles. The zero-order chi connectivity index (χ0) is 19.3. The van der Waals surface area contributed by atoms with E-state index >= 15 is 0 Å². The van der Waals surface area contributed by atoms with E-state index in [1.165, 1.54) is 11.4 Å². The van der Waals surface area contributed by atoms with E-state index in [-0.39, 0.29) is 11.7 Å². The normalized spacial score (nSPS) is 15.5. The van der Waals surface area contributed by atoms with Crippen molar-refractivity contribution in [1.82, 2.24) is 4.98 Å². The number of nitrogens with zero attached hydrogens (tertiary/aromatic N) is 2. The second-order valence-corrected chi connectivity index (χ2v) is 8.40. The van der Waals surface area contributed by atoms with Gasteiger partial charge in [0.05, 0.1) is 24.2 Å². The van der Waals surface area contributed by atoms with Gasteiger partial charge in [-0.25, -0.2) is 8.42 Å². The van der Waals surface area contributed by atoms with E-state index in [0.717, 1.165) is 12.0 Å². The summed E-state index contributed by atoms with van der Waals surface area (Å²) < 4.78 is 30.9. The van der Waals surface area contributed by atoms with Gasteiger partial charge in [-0.1, -0.05) is 6.07 Å². The van der Waals surface area contributed by atoms with Gasteiger partial charge in [-0.05, 0) is 49.1 Å². The molecular weight excluding hydrogens is 366 g/mol. The molecule has 0 bridgehead atoms. The van der Waals surface area contributed by atoms with E-state index < -0.39 is 10.0 Å². The van der Waals surface area contributed by atoms with Crippen LogP contribution in [0.3, 0.4) is 0 Å². The number of methoxy groups -OCH3 is 1. The monoisotopic (exact) mass is 389 g/mol. The van der Waals surface area contributed by atoms with Crippen LogP contribution in [0.2, 0.25) is 0 Å². The maximum Gasteiger partial charge on any atom is 0.235 e. The van der Waals surface area contributed by atoms with E-state index in [9.17, 15) is 13.2 Å². The van der Waals surface area contributed by atoms with E-state index in [4.69, 9.17) is 4.74 Å². The predicted octanol–water partition coefficient (Wildman–Crippen LogP) is 2.59. The second kappa shape index (κ2) is 8.39. The minimum Gasteiger partial charge on any atom is -0.495 e. The van der Waals surface area contributed by atoms with Crippen molar-refractivity contribution in [1.29, 1.82) is 0 Å². The van der Waals surface area contributed by atoms with Crippen molar-refractivity contribution < 1.29 is 17.9 Å². The highest BCUT2D eigenvalue weighted by Gasteiger charge is 2.29. The first kappa shape index (κ1) is 19.2. The van der Waals surface area contributed by atoms with Crippen LogP contribution < -0.4 is 14.4 Å². The van der Waals surface area contributed by atoms with Crippen molar-refractivity contribution in [3.8, 4) is 5.75 Å². The van der Waals surface area contributed by atoms with Gasteiger partial charge in [0.25, 0.3) is 0 Å². The summed E-state index contributed by atoms with van der Waals surface area (Å²) in [5, 5.41) is 2.84. The largest absolute Gasteiger partial charge is 0.495 e. The Morgan fingerprint density at radius 2 is 2.19 bits per heavy atom. The number of anilines is 2. The standard InChI is InChI=1S/C19H23N3O4S/c1-26-18-9-8-16(22-11-4-12-27(22,24)25)13-17(18)21-19(23)7-2-5-15-6-3-10-20-14-15/h3,6,8-10,13-14H,2,4-5,7,11-12H2,1H3,(H,21,23). The van der Waals surface area contributed by atoms with Crippen LogP contribution in [-0.2, 0) is 21.2 Å². The molecule has 1 aliphatic heterocycles. The smallest absolute Gasteiger partial charge is 0.235 e. The van der Waals surface area contributed by atoms with Crippen LogP contribution in [0.25, 0.3) is 0 Å². The summed E-state index contributed by atoms with van der Waals surface area (Å²) in [6, 6.07) is 8.88. The Morgan fingerprint density at radius 3 is 2.85 bits per heavy atom. The number of carbonyl (C=O) groups excluding carboxylic acids is 1. The molecule has 2 aromatic rings. The fourth-order valence-electron chi connectivity index (χ4n) is 3.09. The Bertz CT molecular complexity index is 900. The lowest BCUT2D eigenvalue weighted by molar-refractivity contribution is -0.116. The number of pyridine rings is 1. The highest BCUT2D eigenvalue weighted by molar-refractivity contribution is 7.93. The quantitative estimate of drug-likeness (QED) is 0.786. The van der Waals surface area contributed by atoms with Crippen LogP contribution in [0, 0.1) is 0 Å². The zero-order valence-electron chi connectivity index (χ0n) is 15.2. The Balaban J connectivity index is 1.66. The van der Waals surface area contributed by atoms with E-state index in [2.05, 4.69) is 10.3 Å². The SMILES string of the molecule is COc1ccc(N2CCCS2(=O)=O)cc1NC(=O)CCCc1cccnc1. The molecule has 27 heavy (non-hydrogen) atoms. The first-order chi connectivity index (χ1) is 13.0. The lowest BCUT2D eigenvalue weighted by atomic mass is 10.1. The van der Waals surface area contributed by atoms with Gasteiger partial charge in [-0.3, -0.25) is 14.1 Å². The van der Waals surface area contributed by atoms with Crippen LogP contribution in [0.5, 0.6) is 5.75 Å². The Morgan fingerprint density at radius 1 is 1.33 bits per heavy atom. The highest BCUT2D eigenvalue weighted by atomic mass is 32.2. The summed E-state index contributed by atoms with van der Waals surface area (Å²) in [5.74, 6) is 0.504. The number of aryl methyl sites for hydroxylation is 1. The third-order valence-electron chi connectivity index (χ3n) is 4.44. The number of ether oxygens (including phenoxy) is 1. The highest BCUT2D eigenvalue weighted by Crippen LogP contribution is 2.32. The average Bonchev–Trinajstić information content (AvgIpc) is 3.01. The van der Waals surface area contributed by atoms with Crippen molar-refractivity contribution in [3.05, 3.63) is 48.3 Å². The van der Waals surface area contributed by atoms with Gasteiger partial charge in [0.1, 0.15) is 5.75 Å². The molecule has 1 N–H and O–H groups in total. The molecular formula is C19H23N3O4S. The summed E-state index contributed by atoms with van der Waals surface area (Å²) in [6.45, 7) is 0.452. The maximum absolute atomic E-state index is 12.3. The van der Waals surface area contributed by atoms with Crippen LogP contribution in [-0.4, -0.2) is 38.7 Å². The van der Waals surface area contributed by atoms with Gasteiger partial charge in [0.15, 0.2) is 0 Å². The van der Waals surface area contributed by atoms with Crippen LogP contribution in [0.15, 0.2) is 42.7 Å². The van der Waals surface area contributed by atoms with Crippen LogP contribution in [0.4, 0.5) is 11.4 Å². The number of carbonyl (C=O) groups is 1. The molecule has 8 heteroatoms. The maximum atomic E-state index is 12.3. The molecule has 3 rings (SSSR count). The van der Waals surface area contributed by atoms with Gasteiger partial charge in [-0.15, -0.1) is 0 Å². The average molecular weight is 389 g/mol. The molecule has 1 fully saturated rings. The minimum atomic E-state index is -3.28. The number of benzene rings is 1. The summed E-state index contributed by atoms with van der Waals surface area (Å²) in [4.78, 5) is 16.4. The molecule has 0 atom stereocenters. The molecule has 1 amide bonds. The molecule has 0 aliphatic carbocycles. The fraction of sp³-hybridized carbons (Fsp3) is 0.368. The van der Waals surface area contributed by atoms with Gasteiger partial charge in [0, 0.05) is 25.4 Å². The number of aromatic nitrogens is 1. The van der Waals surface area contributed by atoms with Gasteiger partial charge in [-0.2, -0.15) is 0 Å². The van der Waals surface area contributed by atoms with Crippen LogP contribution in [0.1, 0.15) is 24.8 Å². The summed E-state index contributed by atoms with van der Waals surface area (Å²) >= 11 is 0. The first-order valence-corrected chi connectivity index (χ1v) is 10.5. The molecule has 0 radical (unpaired) electrons. The summed E-state index contributed by atoms with van der Waals surface area (Å²) in [5.41, 5.74) is 2.10. The Hall–Kier alpha value is -2.61. The van der Waals surface area contributed by atoms with E-state index in [1.54, 1.807) is 30.6 Å². The molecule has 7 nitrogen and oxygen atoms in total. The first-order valence-electron chi connectivity index (χ1n) is 8.87. The van der Waals surface area contributed by atoms with Gasteiger partial charge >= 0.3 is 0 Å². The molecule has 0 unspecified atom stereocenters. The van der Waals surface area contributed by atoms with Crippen molar-refractivity contribution >= 4 is 27.3 Å². The molecule has 1 aromatic carbocycles. The van der Waals surface area contributed by atoms with E-state index in [1.807, 2.05) is 12.1 Å². The van der Waals surface area contributed by atoms with Crippen molar-refractivity contribution in [2.45, 2.75) is 25.7 Å². The number of rotatable bonds is 7. The molecule has 1 aromatic heterocycles. The van der Waals surface area contributed by atoms with Crippen molar-refractivity contribution in [2.75, 3.05) is 29.0 Å². The lowest BCUT2D eigenvalue weighted by Crippen LogP contribution is -2.25. The third-order valence-corrected chi connectivity index (χ3v) is 6.31. The number of amides is 1. The number of nitrogens with one attached hydrogen (secondary N) is 1.